The number of hydrogen-bond acceptors (Lipinski definition) is 3. The van der Waals surface area contributed by atoms with Crippen molar-refractivity contribution < 1.29 is 4.92 Å². The van der Waals surface area contributed by atoms with E-state index in [1.807, 2.05) is 0 Å². The second kappa shape index (κ2) is 6.39. The van der Waals surface area contributed by atoms with Gasteiger partial charge in [0.1, 0.15) is 0 Å². The van der Waals surface area contributed by atoms with Crippen molar-refractivity contribution in [2.24, 2.45) is 5.41 Å². The van der Waals surface area contributed by atoms with Crippen LogP contribution < -0.4 is 5.56 Å². The lowest BCUT2D eigenvalue weighted by Gasteiger charge is -2.36. The van der Waals surface area contributed by atoms with Crippen molar-refractivity contribution in [3.05, 3.63) is 37.2 Å². The van der Waals surface area contributed by atoms with Gasteiger partial charge in [-0.05, 0) is 34.2 Å². The van der Waals surface area contributed by atoms with Crippen LogP contribution in [0.5, 0.6) is 0 Å². The molecular weight excluding hydrogens is 392 g/mol. The number of aromatic nitrogens is 1. The molecule has 1 saturated carbocycles. The molecule has 0 atom stereocenters. The van der Waals surface area contributed by atoms with E-state index in [2.05, 4.69) is 31.9 Å². The SMILES string of the molecule is O=c1c([N+](=O)[O-])cc(Br)cn1CC1(CBr)CCCCC1. The number of pyridine rings is 1. The molecule has 1 aromatic rings. The molecule has 1 fully saturated rings. The summed E-state index contributed by atoms with van der Waals surface area (Å²) >= 11 is 6.80. The zero-order valence-corrected chi connectivity index (χ0v) is 14.2. The van der Waals surface area contributed by atoms with Crippen LogP contribution >= 0.6 is 31.9 Å². The van der Waals surface area contributed by atoms with Crippen LogP contribution in [0.15, 0.2) is 21.5 Å². The predicted octanol–water partition coefficient (Wildman–Crippen LogP) is 3.86. The van der Waals surface area contributed by atoms with Gasteiger partial charge in [0.2, 0.25) is 0 Å². The van der Waals surface area contributed by atoms with Gasteiger partial charge in [0, 0.05) is 28.6 Å². The van der Waals surface area contributed by atoms with Gasteiger partial charge < -0.3 is 4.57 Å². The van der Waals surface area contributed by atoms with E-state index in [0.29, 0.717) is 11.0 Å². The number of halogens is 2. The van der Waals surface area contributed by atoms with Gasteiger partial charge in [-0.3, -0.25) is 14.9 Å². The van der Waals surface area contributed by atoms with Crippen LogP contribution in [0.4, 0.5) is 5.69 Å². The molecule has 0 aromatic carbocycles. The lowest BCUT2D eigenvalue weighted by atomic mass is 9.75. The van der Waals surface area contributed by atoms with E-state index in [4.69, 9.17) is 0 Å². The summed E-state index contributed by atoms with van der Waals surface area (Å²) in [5.41, 5.74) is -0.875. The molecule has 7 heteroatoms. The third kappa shape index (κ3) is 3.31. The highest BCUT2D eigenvalue weighted by Gasteiger charge is 2.32. The molecule has 1 aliphatic carbocycles. The zero-order valence-electron chi connectivity index (χ0n) is 11.0. The zero-order chi connectivity index (χ0) is 14.8. The molecule has 0 saturated heterocycles. The topological polar surface area (TPSA) is 65.1 Å². The summed E-state index contributed by atoms with van der Waals surface area (Å²) in [6.45, 7) is 0.525. The van der Waals surface area contributed by atoms with Crippen molar-refractivity contribution in [1.82, 2.24) is 4.57 Å². The maximum Gasteiger partial charge on any atom is 0.335 e. The van der Waals surface area contributed by atoms with Crippen LogP contribution in [0, 0.1) is 15.5 Å². The first-order valence-electron chi connectivity index (χ1n) is 6.58. The van der Waals surface area contributed by atoms with Gasteiger partial charge in [-0.1, -0.05) is 35.2 Å². The Bertz CT molecular complexity index is 565. The van der Waals surface area contributed by atoms with Crippen LogP contribution in [-0.2, 0) is 6.54 Å². The molecule has 1 aromatic heterocycles. The number of alkyl halides is 1. The lowest BCUT2D eigenvalue weighted by molar-refractivity contribution is -0.386. The van der Waals surface area contributed by atoms with E-state index < -0.39 is 10.5 Å². The fourth-order valence-corrected chi connectivity index (χ4v) is 4.03. The Kier molecular flexibility index (Phi) is 5.01. The lowest BCUT2D eigenvalue weighted by Crippen LogP contribution is -2.35. The summed E-state index contributed by atoms with van der Waals surface area (Å²) in [7, 11) is 0. The van der Waals surface area contributed by atoms with Crippen molar-refractivity contribution >= 4 is 37.5 Å². The molecule has 0 aliphatic heterocycles. The van der Waals surface area contributed by atoms with Gasteiger partial charge in [-0.15, -0.1) is 0 Å². The van der Waals surface area contributed by atoms with Crippen LogP contribution in [-0.4, -0.2) is 14.8 Å². The maximum atomic E-state index is 12.2. The van der Waals surface area contributed by atoms with E-state index in [1.54, 1.807) is 6.20 Å². The van der Waals surface area contributed by atoms with Gasteiger partial charge in [-0.25, -0.2) is 0 Å². The van der Waals surface area contributed by atoms with Crippen molar-refractivity contribution in [1.29, 1.82) is 0 Å². The van der Waals surface area contributed by atoms with Gasteiger partial charge in [-0.2, -0.15) is 0 Å². The highest BCUT2D eigenvalue weighted by molar-refractivity contribution is 9.10. The second-order valence-electron chi connectivity index (χ2n) is 5.43. The Morgan fingerprint density at radius 2 is 2.00 bits per heavy atom. The minimum atomic E-state index is -0.620. The van der Waals surface area contributed by atoms with Crippen molar-refractivity contribution in [3.8, 4) is 0 Å². The quantitative estimate of drug-likeness (QED) is 0.432. The highest BCUT2D eigenvalue weighted by Crippen LogP contribution is 2.39. The van der Waals surface area contributed by atoms with E-state index >= 15 is 0 Å². The average molecular weight is 408 g/mol. The molecule has 0 radical (unpaired) electrons. The molecule has 0 amide bonds. The molecule has 1 heterocycles. The molecule has 20 heavy (non-hydrogen) atoms. The summed E-state index contributed by atoms with van der Waals surface area (Å²) in [5, 5.41) is 11.7. The second-order valence-corrected chi connectivity index (χ2v) is 6.90. The van der Waals surface area contributed by atoms with Gasteiger partial charge in [0.15, 0.2) is 0 Å². The Labute approximate surface area is 133 Å². The molecule has 110 valence electrons. The van der Waals surface area contributed by atoms with Gasteiger partial charge >= 0.3 is 11.2 Å². The Hall–Kier alpha value is -0.690. The summed E-state index contributed by atoms with van der Waals surface area (Å²) < 4.78 is 2.04. The molecule has 5 nitrogen and oxygen atoms in total. The van der Waals surface area contributed by atoms with Crippen LogP contribution in [0.25, 0.3) is 0 Å². The fraction of sp³-hybridized carbons (Fsp3) is 0.615. The third-order valence-corrected chi connectivity index (χ3v) is 5.56. The Balaban J connectivity index is 2.37. The largest absolute Gasteiger partial charge is 0.335 e. The maximum absolute atomic E-state index is 12.2. The monoisotopic (exact) mass is 406 g/mol. The number of rotatable bonds is 4. The summed E-state index contributed by atoms with van der Waals surface area (Å²) in [6, 6.07) is 1.26. The molecule has 0 spiro atoms. The molecule has 0 bridgehead atoms. The van der Waals surface area contributed by atoms with Crippen molar-refractivity contribution in [3.63, 3.8) is 0 Å². The fourth-order valence-electron chi connectivity index (χ4n) is 2.83. The van der Waals surface area contributed by atoms with Gasteiger partial charge in [0.25, 0.3) is 0 Å². The van der Waals surface area contributed by atoms with Crippen LogP contribution in [0.3, 0.4) is 0 Å². The van der Waals surface area contributed by atoms with Gasteiger partial charge in [0.05, 0.1) is 4.92 Å². The molecular formula is C13H16Br2N2O3. The first-order valence-corrected chi connectivity index (χ1v) is 8.49. The molecule has 2 rings (SSSR count). The first-order chi connectivity index (χ1) is 9.47. The third-order valence-electron chi connectivity index (χ3n) is 3.93. The minimum absolute atomic E-state index is 0.0245. The smallest absolute Gasteiger partial charge is 0.308 e. The first kappa shape index (κ1) is 15.7. The molecule has 0 N–H and O–H groups in total. The summed E-state index contributed by atoms with van der Waals surface area (Å²) in [5.74, 6) is 0. The van der Waals surface area contributed by atoms with Crippen molar-refractivity contribution in [2.45, 2.75) is 38.6 Å². The Morgan fingerprint density at radius 1 is 1.35 bits per heavy atom. The van der Waals surface area contributed by atoms with Crippen molar-refractivity contribution in [2.75, 3.05) is 5.33 Å². The molecule has 0 unspecified atom stereocenters. The average Bonchev–Trinajstić information content (AvgIpc) is 2.43. The van der Waals surface area contributed by atoms with E-state index in [-0.39, 0.29) is 11.1 Å². The number of nitrogens with zero attached hydrogens (tertiary/aromatic N) is 2. The standard InChI is InChI=1S/C13H16Br2N2O3/c14-8-13(4-2-1-3-5-13)9-16-7-10(15)6-11(12(16)18)17(19)20/h6-7H,1-5,8-9H2. The number of nitro groups is 1. The summed E-state index contributed by atoms with van der Waals surface area (Å²) in [4.78, 5) is 22.5. The van der Waals surface area contributed by atoms with E-state index in [0.717, 1.165) is 31.0 Å². The van der Waals surface area contributed by atoms with E-state index in [1.165, 1.54) is 17.1 Å². The summed E-state index contributed by atoms with van der Waals surface area (Å²) in [6.07, 6.45) is 7.26. The minimum Gasteiger partial charge on any atom is -0.308 e. The van der Waals surface area contributed by atoms with Crippen LogP contribution in [0.1, 0.15) is 32.1 Å². The van der Waals surface area contributed by atoms with Crippen LogP contribution in [0.2, 0.25) is 0 Å². The molecule has 1 aliphatic rings. The normalized spacial score (nSPS) is 17.9. The number of hydrogen-bond donors (Lipinski definition) is 0. The highest BCUT2D eigenvalue weighted by atomic mass is 79.9. The Morgan fingerprint density at radius 3 is 2.55 bits per heavy atom. The predicted molar refractivity (Wildman–Crippen MR) is 84.4 cm³/mol. The van der Waals surface area contributed by atoms with E-state index in [9.17, 15) is 14.9 Å².